The van der Waals surface area contributed by atoms with Crippen LogP contribution in [0.2, 0.25) is 0 Å². The first-order chi connectivity index (χ1) is 23.6. The van der Waals surface area contributed by atoms with Gasteiger partial charge in [-0.25, -0.2) is 9.97 Å². The van der Waals surface area contributed by atoms with Crippen LogP contribution in [-0.4, -0.2) is 20.4 Å². The number of anilines is 1. The van der Waals surface area contributed by atoms with Crippen LogP contribution >= 0.6 is 0 Å². The van der Waals surface area contributed by atoms with Crippen molar-refractivity contribution in [3.63, 3.8) is 0 Å². The summed E-state index contributed by atoms with van der Waals surface area (Å²) < 4.78 is 2.27. The Labute approximate surface area is 280 Å². The van der Waals surface area contributed by atoms with Crippen molar-refractivity contribution in [2.75, 3.05) is 5.32 Å². The largest absolute Gasteiger partial charge is 0.323 e. The van der Waals surface area contributed by atoms with Crippen molar-refractivity contribution >= 4 is 34.9 Å². The molecule has 0 unspecified atom stereocenters. The van der Waals surface area contributed by atoms with Crippen molar-refractivity contribution in [3.05, 3.63) is 198 Å². The lowest BCUT2D eigenvalue weighted by Gasteiger charge is -2.38. The molecule has 0 saturated heterocycles. The summed E-state index contributed by atoms with van der Waals surface area (Å²) in [5, 5.41) is 2.85. The van der Waals surface area contributed by atoms with Gasteiger partial charge in [-0.15, -0.1) is 0 Å². The third kappa shape index (κ3) is 5.74. The number of nitrogens with one attached hydrogen (secondary N) is 1. The molecule has 5 aromatic carbocycles. The van der Waals surface area contributed by atoms with Gasteiger partial charge in [0, 0.05) is 23.0 Å². The van der Waals surface area contributed by atoms with E-state index in [-0.39, 0.29) is 5.91 Å². The molecule has 0 aliphatic heterocycles. The number of rotatable bonds is 9. The third-order valence-corrected chi connectivity index (χ3v) is 8.60. The van der Waals surface area contributed by atoms with Crippen LogP contribution in [0.3, 0.4) is 0 Å². The Balaban J connectivity index is 1.51. The normalized spacial score (nSPS) is 11.5. The quantitative estimate of drug-likeness (QED) is 0.129. The average Bonchev–Trinajstić information content (AvgIpc) is 3.51. The molecule has 0 spiro atoms. The van der Waals surface area contributed by atoms with Gasteiger partial charge in [0.25, 0.3) is 0 Å². The first-order valence-corrected chi connectivity index (χ1v) is 15.9. The topological polar surface area (TPSA) is 59.8 Å². The van der Waals surface area contributed by atoms with Gasteiger partial charge in [-0.2, -0.15) is 0 Å². The Morgan fingerprint density at radius 2 is 1.35 bits per heavy atom. The minimum absolute atomic E-state index is 0.270. The summed E-state index contributed by atoms with van der Waals surface area (Å²) in [6.07, 6.45) is 9.48. The fourth-order valence-electron chi connectivity index (χ4n) is 6.30. The van der Waals surface area contributed by atoms with E-state index >= 15 is 0 Å². The lowest BCUT2D eigenvalue weighted by molar-refractivity contribution is -0.111. The zero-order valence-electron chi connectivity index (χ0n) is 26.6. The van der Waals surface area contributed by atoms with Crippen molar-refractivity contribution in [3.8, 4) is 11.3 Å². The van der Waals surface area contributed by atoms with Crippen LogP contribution in [0.1, 0.15) is 33.4 Å². The van der Waals surface area contributed by atoms with E-state index in [0.717, 1.165) is 44.5 Å². The Morgan fingerprint density at radius 3 is 1.94 bits per heavy atom. The molecule has 1 amide bonds. The molecule has 2 aromatic heterocycles. The van der Waals surface area contributed by atoms with E-state index < -0.39 is 5.54 Å². The number of amides is 1. The van der Waals surface area contributed by atoms with Crippen LogP contribution in [0.5, 0.6) is 0 Å². The van der Waals surface area contributed by atoms with Gasteiger partial charge in [0.05, 0.1) is 11.9 Å². The number of hydrogen-bond donors (Lipinski definition) is 1. The molecule has 0 atom stereocenters. The molecule has 7 aromatic rings. The van der Waals surface area contributed by atoms with Crippen molar-refractivity contribution in [1.29, 1.82) is 0 Å². The smallest absolute Gasteiger partial charge is 0.247 e. The van der Waals surface area contributed by atoms with E-state index in [1.54, 1.807) is 0 Å². The minimum atomic E-state index is -0.761. The Bertz CT molecular complexity index is 2140. The molecular formula is C43H34N4O. The van der Waals surface area contributed by atoms with Gasteiger partial charge in [-0.3, -0.25) is 4.79 Å². The number of nitrogens with zero attached hydrogens (tertiary/aromatic N) is 3. The monoisotopic (exact) mass is 622 g/mol. The van der Waals surface area contributed by atoms with Gasteiger partial charge >= 0.3 is 0 Å². The van der Waals surface area contributed by atoms with Gasteiger partial charge < -0.3 is 9.88 Å². The Kier molecular flexibility index (Phi) is 8.33. The second kappa shape index (κ2) is 13.2. The van der Waals surface area contributed by atoms with Crippen LogP contribution in [0.4, 0.5) is 5.69 Å². The summed E-state index contributed by atoms with van der Waals surface area (Å²) in [6.45, 7) is 5.66. The first kappa shape index (κ1) is 30.3. The van der Waals surface area contributed by atoms with Crippen LogP contribution < -0.4 is 5.32 Å². The minimum Gasteiger partial charge on any atom is -0.323 e. The van der Waals surface area contributed by atoms with E-state index in [4.69, 9.17) is 9.97 Å². The molecule has 0 bridgehead atoms. The number of benzene rings is 5. The summed E-state index contributed by atoms with van der Waals surface area (Å²) in [6, 6.07) is 47.8. The average molecular weight is 623 g/mol. The fraction of sp³-hybridized carbons (Fsp3) is 0.0465. The molecule has 232 valence electrons. The zero-order valence-corrected chi connectivity index (χ0v) is 26.6. The first-order valence-electron chi connectivity index (χ1n) is 15.9. The van der Waals surface area contributed by atoms with E-state index in [2.05, 4.69) is 139 Å². The zero-order chi connectivity index (χ0) is 32.9. The second-order valence-electron chi connectivity index (χ2n) is 11.7. The van der Waals surface area contributed by atoms with Crippen molar-refractivity contribution in [2.45, 2.75) is 12.5 Å². The molecule has 0 fully saturated rings. The lowest BCUT2D eigenvalue weighted by Crippen LogP contribution is -2.37. The maximum Gasteiger partial charge on any atom is 0.247 e. The molecule has 5 nitrogen and oxygen atoms in total. The van der Waals surface area contributed by atoms with Crippen molar-refractivity contribution < 1.29 is 4.79 Å². The van der Waals surface area contributed by atoms with Gasteiger partial charge in [0.2, 0.25) is 5.91 Å². The van der Waals surface area contributed by atoms with Gasteiger partial charge in [0.15, 0.2) is 5.65 Å². The number of carbonyl (C=O) groups excluding carboxylic acids is 1. The predicted octanol–water partition coefficient (Wildman–Crippen LogP) is 9.54. The van der Waals surface area contributed by atoms with E-state index in [0.29, 0.717) is 11.4 Å². The number of aromatic nitrogens is 3. The Morgan fingerprint density at radius 1 is 0.750 bits per heavy atom. The molecule has 1 N–H and O–H groups in total. The van der Waals surface area contributed by atoms with Gasteiger partial charge in [0.1, 0.15) is 11.1 Å². The molecular weight excluding hydrogens is 589 g/mol. The molecule has 0 aliphatic carbocycles. The highest BCUT2D eigenvalue weighted by atomic mass is 16.1. The predicted molar refractivity (Wildman–Crippen MR) is 197 cm³/mol. The second-order valence-corrected chi connectivity index (χ2v) is 11.7. The van der Waals surface area contributed by atoms with Crippen LogP contribution in [0.25, 0.3) is 34.6 Å². The summed E-state index contributed by atoms with van der Waals surface area (Å²) in [5.41, 5.74) is 9.50. The SMILES string of the molecule is C=CC(=O)Nc1cccc(-c2cnc3c(n2)c(/C=C/c2ccc(C)cc2)cn3C(c2ccccc2)(c2ccccc2)c2ccccc2)c1. The number of aryl methyl sites for hydroxylation is 1. The number of hydrogen-bond acceptors (Lipinski definition) is 3. The Hall–Kier alpha value is -6.33. The van der Waals surface area contributed by atoms with Crippen molar-refractivity contribution in [2.24, 2.45) is 0 Å². The number of carbonyl (C=O) groups is 1. The molecule has 7 rings (SSSR count). The number of fused-ring (bicyclic) bond motifs is 1. The summed E-state index contributed by atoms with van der Waals surface area (Å²) in [5.74, 6) is -0.270. The van der Waals surface area contributed by atoms with Gasteiger partial charge in [-0.05, 0) is 47.4 Å². The highest BCUT2D eigenvalue weighted by Gasteiger charge is 2.40. The van der Waals surface area contributed by atoms with E-state index in [9.17, 15) is 4.79 Å². The van der Waals surface area contributed by atoms with Crippen LogP contribution in [0, 0.1) is 6.92 Å². The summed E-state index contributed by atoms with van der Waals surface area (Å²) in [4.78, 5) is 22.5. The summed E-state index contributed by atoms with van der Waals surface area (Å²) >= 11 is 0. The molecule has 0 saturated carbocycles. The highest BCUT2D eigenvalue weighted by Crippen LogP contribution is 2.43. The molecule has 2 heterocycles. The molecule has 0 aliphatic rings. The summed E-state index contributed by atoms with van der Waals surface area (Å²) in [7, 11) is 0. The standard InChI is InChI=1S/C43H34N4O/c1-3-40(48)45-38-21-13-14-33(28-38)39-29-44-42-41(46-39)34(27-26-32-24-22-31(2)23-25-32)30-47(42)43(35-15-7-4-8-16-35,36-17-9-5-10-18-36)37-19-11-6-12-20-37/h3-30H,1H2,2H3,(H,45,48)/b27-26+. The van der Waals surface area contributed by atoms with Crippen LogP contribution in [-0.2, 0) is 10.3 Å². The highest BCUT2D eigenvalue weighted by molar-refractivity contribution is 5.99. The maximum absolute atomic E-state index is 12.0. The van der Waals surface area contributed by atoms with Crippen molar-refractivity contribution in [1.82, 2.24) is 14.5 Å². The molecule has 5 heteroatoms. The lowest BCUT2D eigenvalue weighted by atomic mass is 9.76. The van der Waals surface area contributed by atoms with E-state index in [1.165, 1.54) is 11.6 Å². The van der Waals surface area contributed by atoms with Gasteiger partial charge in [-0.1, -0.05) is 152 Å². The maximum atomic E-state index is 12.0. The molecule has 48 heavy (non-hydrogen) atoms. The molecule has 0 radical (unpaired) electrons. The fourth-order valence-corrected chi connectivity index (χ4v) is 6.30. The van der Waals surface area contributed by atoms with E-state index in [1.807, 2.05) is 48.7 Å². The third-order valence-electron chi connectivity index (χ3n) is 8.60. The van der Waals surface area contributed by atoms with Crippen LogP contribution in [0.15, 0.2) is 165 Å².